The molecule has 26 heavy (non-hydrogen) atoms. The van der Waals surface area contributed by atoms with Crippen LogP contribution in [0.5, 0.6) is 5.75 Å². The van der Waals surface area contributed by atoms with E-state index < -0.39 is 5.54 Å². The molecule has 2 heterocycles. The van der Waals surface area contributed by atoms with Crippen molar-refractivity contribution in [1.29, 1.82) is 0 Å². The first-order valence-electron chi connectivity index (χ1n) is 8.91. The molecule has 0 atom stereocenters. The average Bonchev–Trinajstić information content (AvgIpc) is 2.87. The summed E-state index contributed by atoms with van der Waals surface area (Å²) in [5.41, 5.74) is 4.83. The van der Waals surface area contributed by atoms with Gasteiger partial charge in [0.1, 0.15) is 11.5 Å². The van der Waals surface area contributed by atoms with E-state index in [-0.39, 0.29) is 5.91 Å². The van der Waals surface area contributed by atoms with Crippen LogP contribution in [0.3, 0.4) is 0 Å². The second kappa shape index (κ2) is 5.84. The molecule has 4 nitrogen and oxygen atoms in total. The summed E-state index contributed by atoms with van der Waals surface area (Å²) in [6.07, 6.45) is 2.14. The molecular weight excluding hydrogens is 324 g/mol. The molecular formula is C22H22N2O2. The minimum absolute atomic E-state index is 0.0625. The number of hydrogen-bond acceptors (Lipinski definition) is 3. The zero-order valence-corrected chi connectivity index (χ0v) is 15.5. The zero-order chi connectivity index (χ0) is 18.5. The largest absolute Gasteiger partial charge is 0.494 e. The van der Waals surface area contributed by atoms with Gasteiger partial charge in [0.15, 0.2) is 0 Å². The van der Waals surface area contributed by atoms with E-state index in [2.05, 4.69) is 31.8 Å². The highest BCUT2D eigenvalue weighted by Gasteiger charge is 2.45. The van der Waals surface area contributed by atoms with Crippen molar-refractivity contribution in [2.45, 2.75) is 33.2 Å². The molecule has 4 rings (SSSR count). The molecule has 0 aromatic heterocycles. The molecule has 0 radical (unpaired) electrons. The summed E-state index contributed by atoms with van der Waals surface area (Å²) < 4.78 is 5.76. The Morgan fingerprint density at radius 3 is 2.50 bits per heavy atom. The molecule has 2 aromatic rings. The predicted octanol–water partition coefficient (Wildman–Crippen LogP) is 4.75. The molecule has 0 saturated heterocycles. The maximum absolute atomic E-state index is 13.3. The normalized spacial score (nSPS) is 18.8. The van der Waals surface area contributed by atoms with E-state index in [1.54, 1.807) is 0 Å². The lowest BCUT2D eigenvalue weighted by molar-refractivity contribution is -0.112. The molecule has 2 aromatic carbocycles. The summed E-state index contributed by atoms with van der Waals surface area (Å²) in [4.78, 5) is 19.8. The van der Waals surface area contributed by atoms with E-state index in [0.717, 1.165) is 33.8 Å². The van der Waals surface area contributed by atoms with Crippen LogP contribution in [0, 0.1) is 0 Å². The van der Waals surface area contributed by atoms with Gasteiger partial charge in [-0.3, -0.25) is 9.69 Å². The number of nitrogens with zero attached hydrogens (tertiary/aromatic N) is 2. The van der Waals surface area contributed by atoms with Crippen molar-refractivity contribution < 1.29 is 9.53 Å². The Hall–Kier alpha value is -2.88. The highest BCUT2D eigenvalue weighted by Crippen LogP contribution is 2.47. The number of rotatable bonds is 3. The van der Waals surface area contributed by atoms with Crippen molar-refractivity contribution in [3.05, 3.63) is 59.7 Å². The molecule has 2 aliphatic heterocycles. The van der Waals surface area contributed by atoms with Gasteiger partial charge in [-0.25, -0.2) is 4.99 Å². The Bertz CT molecular complexity index is 956. The Kier molecular flexibility index (Phi) is 3.72. The Morgan fingerprint density at radius 1 is 1.12 bits per heavy atom. The zero-order valence-electron chi connectivity index (χ0n) is 15.5. The number of carbonyl (C=O) groups is 1. The van der Waals surface area contributed by atoms with Gasteiger partial charge in [0.2, 0.25) is 0 Å². The van der Waals surface area contributed by atoms with E-state index in [1.807, 2.05) is 54.3 Å². The fraction of sp³-hybridized carbons (Fsp3) is 0.273. The second-order valence-corrected chi connectivity index (χ2v) is 7.22. The van der Waals surface area contributed by atoms with Gasteiger partial charge in [-0.1, -0.05) is 24.3 Å². The molecule has 0 N–H and O–H groups in total. The van der Waals surface area contributed by atoms with Gasteiger partial charge >= 0.3 is 0 Å². The number of anilines is 1. The summed E-state index contributed by atoms with van der Waals surface area (Å²) >= 11 is 0. The number of allylic oxidation sites excluding steroid dienone is 1. The van der Waals surface area contributed by atoms with Crippen LogP contribution < -0.4 is 9.64 Å². The van der Waals surface area contributed by atoms with Gasteiger partial charge in [0.05, 0.1) is 23.5 Å². The van der Waals surface area contributed by atoms with Crippen LogP contribution in [-0.2, 0) is 4.79 Å². The van der Waals surface area contributed by atoms with Crippen molar-refractivity contribution in [3.8, 4) is 5.75 Å². The van der Waals surface area contributed by atoms with Crippen molar-refractivity contribution in [1.82, 2.24) is 0 Å². The molecule has 0 fully saturated rings. The molecule has 0 unspecified atom stereocenters. The summed E-state index contributed by atoms with van der Waals surface area (Å²) in [7, 11) is 0. The molecule has 0 bridgehead atoms. The van der Waals surface area contributed by atoms with Gasteiger partial charge < -0.3 is 4.74 Å². The maximum Gasteiger partial charge on any atom is 0.278 e. The quantitative estimate of drug-likeness (QED) is 0.805. The van der Waals surface area contributed by atoms with Crippen LogP contribution in [0.15, 0.2) is 53.5 Å². The van der Waals surface area contributed by atoms with Gasteiger partial charge in [-0.15, -0.1) is 0 Å². The van der Waals surface area contributed by atoms with Crippen molar-refractivity contribution in [2.75, 3.05) is 11.5 Å². The molecule has 1 amide bonds. The first kappa shape index (κ1) is 16.6. The molecule has 0 saturated carbocycles. The maximum atomic E-state index is 13.3. The van der Waals surface area contributed by atoms with E-state index in [1.165, 1.54) is 0 Å². The van der Waals surface area contributed by atoms with Crippen LogP contribution in [-0.4, -0.2) is 23.8 Å². The van der Waals surface area contributed by atoms with E-state index in [0.29, 0.717) is 12.3 Å². The summed E-state index contributed by atoms with van der Waals surface area (Å²) in [5.74, 6) is 0.705. The number of amides is 1. The fourth-order valence-corrected chi connectivity index (χ4v) is 3.86. The number of ether oxygens (including phenoxy) is 1. The van der Waals surface area contributed by atoms with Crippen LogP contribution in [0.2, 0.25) is 0 Å². The third-order valence-electron chi connectivity index (χ3n) is 4.85. The molecule has 0 spiro atoms. The highest BCUT2D eigenvalue weighted by molar-refractivity contribution is 6.55. The van der Waals surface area contributed by atoms with E-state index >= 15 is 0 Å². The fourth-order valence-electron chi connectivity index (χ4n) is 3.86. The summed E-state index contributed by atoms with van der Waals surface area (Å²) in [5, 5.41) is 0. The molecule has 132 valence electrons. The second-order valence-electron chi connectivity index (χ2n) is 7.22. The Morgan fingerprint density at radius 2 is 1.81 bits per heavy atom. The van der Waals surface area contributed by atoms with Gasteiger partial charge in [-0.05, 0) is 57.5 Å². The smallest absolute Gasteiger partial charge is 0.278 e. The molecule has 2 aliphatic rings. The lowest BCUT2D eigenvalue weighted by Gasteiger charge is -2.38. The van der Waals surface area contributed by atoms with Gasteiger partial charge in [-0.2, -0.15) is 0 Å². The molecule has 0 aliphatic carbocycles. The lowest BCUT2D eigenvalue weighted by Crippen LogP contribution is -2.47. The monoisotopic (exact) mass is 346 g/mol. The average molecular weight is 346 g/mol. The third-order valence-corrected chi connectivity index (χ3v) is 4.85. The number of aliphatic imine (C=N–C) groups is 1. The summed E-state index contributed by atoms with van der Waals surface area (Å²) in [6.45, 7) is 8.74. The summed E-state index contributed by atoms with van der Waals surface area (Å²) in [6, 6.07) is 13.6. The minimum Gasteiger partial charge on any atom is -0.494 e. The highest BCUT2D eigenvalue weighted by atomic mass is 16.5. The first-order chi connectivity index (χ1) is 12.4. The van der Waals surface area contributed by atoms with Crippen LogP contribution in [0.4, 0.5) is 11.4 Å². The number of benzene rings is 2. The first-order valence-corrected chi connectivity index (χ1v) is 8.91. The minimum atomic E-state index is -0.399. The van der Waals surface area contributed by atoms with Crippen LogP contribution in [0.25, 0.3) is 5.57 Å². The van der Waals surface area contributed by atoms with Crippen molar-refractivity contribution in [3.63, 3.8) is 0 Å². The van der Waals surface area contributed by atoms with Crippen molar-refractivity contribution in [2.24, 2.45) is 4.99 Å². The van der Waals surface area contributed by atoms with E-state index in [4.69, 9.17) is 4.74 Å². The van der Waals surface area contributed by atoms with Crippen LogP contribution >= 0.6 is 0 Å². The van der Waals surface area contributed by atoms with Gasteiger partial charge in [0.25, 0.3) is 5.91 Å². The standard InChI is InChI=1S/C22H22N2O2/c1-5-26-16-11-17-14(2)13-22(3,4)24-20(17)18(12-16)19(21(24)25)23-15-9-7-6-8-10-15/h6-13H,5H2,1-4H3. The van der Waals surface area contributed by atoms with Gasteiger partial charge in [0, 0.05) is 11.1 Å². The van der Waals surface area contributed by atoms with E-state index in [9.17, 15) is 4.79 Å². The van der Waals surface area contributed by atoms with Crippen molar-refractivity contribution >= 4 is 28.6 Å². The Balaban J connectivity index is 1.98. The molecule has 4 heteroatoms. The third kappa shape index (κ3) is 2.45. The number of para-hydroxylation sites is 1. The predicted molar refractivity (Wildman–Crippen MR) is 105 cm³/mol. The number of carbonyl (C=O) groups excluding carboxylic acids is 1. The topological polar surface area (TPSA) is 41.9 Å². The van der Waals surface area contributed by atoms with Crippen LogP contribution in [0.1, 0.15) is 38.8 Å². The SMILES string of the molecule is CCOc1cc2c3c(c1)C(=Nc1ccccc1)C(=O)N3C(C)(C)C=C2C. The number of hydrogen-bond donors (Lipinski definition) is 0. The Labute approximate surface area is 153 Å². The lowest BCUT2D eigenvalue weighted by atomic mass is 9.89.